The number of amides is 1. The molecule has 0 saturated carbocycles. The number of nitrogens with one attached hydrogen (secondary N) is 1. The lowest BCUT2D eigenvalue weighted by atomic mass is 10.1. The maximum absolute atomic E-state index is 15.6. The number of nitrogens with zero attached hydrogens (tertiary/aromatic N) is 5. The van der Waals surface area contributed by atoms with Crippen LogP contribution in [0.5, 0.6) is 0 Å². The number of rotatable bonds is 8. The van der Waals surface area contributed by atoms with Gasteiger partial charge in [-0.2, -0.15) is 5.10 Å². The Balaban J connectivity index is 1.70. The van der Waals surface area contributed by atoms with Crippen molar-refractivity contribution in [2.24, 2.45) is 0 Å². The molecule has 0 atom stereocenters. The zero-order valence-corrected chi connectivity index (χ0v) is 24.2. The van der Waals surface area contributed by atoms with Gasteiger partial charge in [0.15, 0.2) is 0 Å². The third kappa shape index (κ3) is 4.64. The van der Waals surface area contributed by atoms with E-state index >= 15 is 4.39 Å². The summed E-state index contributed by atoms with van der Waals surface area (Å²) in [5, 5.41) is 8.92. The van der Waals surface area contributed by atoms with E-state index in [0.29, 0.717) is 35.6 Å². The minimum absolute atomic E-state index is 0.141. The van der Waals surface area contributed by atoms with Gasteiger partial charge >= 0.3 is 5.69 Å². The zero-order chi connectivity index (χ0) is 28.7. The van der Waals surface area contributed by atoms with E-state index < -0.39 is 19.4 Å². The highest BCUT2D eigenvalue weighted by atomic mass is 31.1. The summed E-state index contributed by atoms with van der Waals surface area (Å²) in [7, 11) is 1.27. The Morgan fingerprint density at radius 1 is 1.05 bits per heavy atom. The van der Waals surface area contributed by atoms with E-state index in [2.05, 4.69) is 19.2 Å². The van der Waals surface area contributed by atoms with Crippen molar-refractivity contribution in [1.82, 2.24) is 23.8 Å². The van der Waals surface area contributed by atoms with Crippen molar-refractivity contribution in [3.8, 4) is 17.2 Å². The Bertz CT molecular complexity index is 1630. The number of imidazole rings is 1. The van der Waals surface area contributed by atoms with Crippen molar-refractivity contribution in [3.63, 3.8) is 0 Å². The van der Waals surface area contributed by atoms with Crippen LogP contribution in [0.1, 0.15) is 36.2 Å². The average Bonchev–Trinajstić information content (AvgIpc) is 3.51. The monoisotopic (exact) mass is 566 g/mol. The number of aryl methyl sites for hydroxylation is 2. The van der Waals surface area contributed by atoms with Crippen LogP contribution in [0.2, 0.25) is 0 Å². The van der Waals surface area contributed by atoms with Gasteiger partial charge in [-0.05, 0) is 61.6 Å². The standard InChI is InChI=1S/C29H33F2N6O2P/c1-6-40(7-2)26-14-22(30)25(15-24(26)32-5)35-10-11-36(29(35)39)28-21-16-34(17-38)9-8-23(21)33-37(28)20-12-18(3)27(31)19(4)13-20/h10-15,17,32H,6-9,16H2,1-5H3. The predicted octanol–water partition coefficient (Wildman–Crippen LogP) is 4.41. The molecule has 1 amide bonds. The largest absolute Gasteiger partial charge is 0.388 e. The van der Waals surface area contributed by atoms with E-state index in [1.54, 1.807) is 60.9 Å². The maximum atomic E-state index is 15.6. The molecule has 1 N–H and O–H groups in total. The molecular weight excluding hydrogens is 533 g/mol. The van der Waals surface area contributed by atoms with Gasteiger partial charge in [0.05, 0.1) is 23.6 Å². The van der Waals surface area contributed by atoms with Crippen molar-refractivity contribution < 1.29 is 13.6 Å². The fraction of sp³-hybridized carbons (Fsp3) is 0.345. The summed E-state index contributed by atoms with van der Waals surface area (Å²) in [5.41, 5.74) is 3.44. The molecule has 3 heterocycles. The number of anilines is 1. The van der Waals surface area contributed by atoms with Gasteiger partial charge in [0.1, 0.15) is 17.5 Å². The molecule has 8 nitrogen and oxygen atoms in total. The van der Waals surface area contributed by atoms with E-state index in [4.69, 9.17) is 5.10 Å². The summed E-state index contributed by atoms with van der Waals surface area (Å²) < 4.78 is 34.4. The number of halogens is 2. The minimum atomic E-state index is -0.524. The van der Waals surface area contributed by atoms with Crippen LogP contribution in [-0.4, -0.2) is 56.1 Å². The van der Waals surface area contributed by atoms with Crippen molar-refractivity contribution in [2.75, 3.05) is 31.2 Å². The van der Waals surface area contributed by atoms with Crippen LogP contribution in [0.3, 0.4) is 0 Å². The highest BCUT2D eigenvalue weighted by Gasteiger charge is 2.28. The number of fused-ring (bicyclic) bond motifs is 1. The first-order chi connectivity index (χ1) is 19.2. The molecular formula is C29H33F2N6O2P. The lowest BCUT2D eigenvalue weighted by Gasteiger charge is -2.22. The summed E-state index contributed by atoms with van der Waals surface area (Å²) in [4.78, 5) is 27.2. The van der Waals surface area contributed by atoms with E-state index in [9.17, 15) is 14.0 Å². The lowest BCUT2D eigenvalue weighted by molar-refractivity contribution is -0.118. The fourth-order valence-electron chi connectivity index (χ4n) is 5.43. The molecule has 2 aromatic heterocycles. The summed E-state index contributed by atoms with van der Waals surface area (Å²) in [5.74, 6) is -0.329. The normalized spacial score (nSPS) is 13.2. The molecule has 40 heavy (non-hydrogen) atoms. The van der Waals surface area contributed by atoms with E-state index in [-0.39, 0.29) is 18.0 Å². The number of hydrogen-bond acceptors (Lipinski definition) is 4. The van der Waals surface area contributed by atoms with Crippen LogP contribution >= 0.6 is 7.92 Å². The molecule has 0 spiro atoms. The molecule has 5 rings (SSSR count). The number of benzene rings is 2. The molecule has 1 aliphatic heterocycles. The number of carbonyl (C=O) groups is 1. The van der Waals surface area contributed by atoms with Gasteiger partial charge < -0.3 is 10.2 Å². The van der Waals surface area contributed by atoms with Crippen molar-refractivity contribution >= 4 is 25.3 Å². The fourth-order valence-corrected chi connectivity index (χ4v) is 7.37. The van der Waals surface area contributed by atoms with Gasteiger partial charge in [-0.3, -0.25) is 13.9 Å². The molecule has 0 bridgehead atoms. The minimum Gasteiger partial charge on any atom is -0.388 e. The predicted molar refractivity (Wildman–Crippen MR) is 155 cm³/mol. The first-order valence-corrected chi connectivity index (χ1v) is 15.1. The molecule has 0 saturated heterocycles. The molecule has 0 unspecified atom stereocenters. The van der Waals surface area contributed by atoms with Crippen LogP contribution in [0, 0.1) is 25.5 Å². The second-order valence-corrected chi connectivity index (χ2v) is 12.8. The molecule has 210 valence electrons. The van der Waals surface area contributed by atoms with Crippen LogP contribution in [0.25, 0.3) is 17.2 Å². The third-order valence-corrected chi connectivity index (χ3v) is 10.1. The van der Waals surface area contributed by atoms with Crippen LogP contribution in [0.4, 0.5) is 14.5 Å². The Hall–Kier alpha value is -3.78. The zero-order valence-electron chi connectivity index (χ0n) is 23.3. The van der Waals surface area contributed by atoms with Gasteiger partial charge in [-0.25, -0.2) is 18.3 Å². The number of hydrogen-bond donors (Lipinski definition) is 1. The summed E-state index contributed by atoms with van der Waals surface area (Å²) in [6.45, 7) is 8.35. The van der Waals surface area contributed by atoms with Crippen molar-refractivity contribution in [1.29, 1.82) is 0 Å². The van der Waals surface area contributed by atoms with Gasteiger partial charge in [-0.15, -0.1) is 0 Å². The molecule has 4 aromatic rings. The molecule has 0 aliphatic carbocycles. The number of carbonyl (C=O) groups excluding carboxylic acids is 1. The van der Waals surface area contributed by atoms with Gasteiger partial charge in [0.25, 0.3) is 0 Å². The Morgan fingerprint density at radius 3 is 2.35 bits per heavy atom. The highest BCUT2D eigenvalue weighted by molar-refractivity contribution is 7.65. The van der Waals surface area contributed by atoms with Crippen molar-refractivity contribution in [3.05, 3.63) is 81.2 Å². The second kappa shape index (κ2) is 11.0. The van der Waals surface area contributed by atoms with E-state index in [1.165, 1.54) is 15.3 Å². The molecule has 0 fully saturated rings. The van der Waals surface area contributed by atoms with E-state index in [0.717, 1.165) is 41.0 Å². The number of aromatic nitrogens is 4. The molecule has 0 radical (unpaired) electrons. The van der Waals surface area contributed by atoms with Crippen LogP contribution in [0.15, 0.2) is 41.5 Å². The summed E-state index contributed by atoms with van der Waals surface area (Å²) in [6.07, 6.45) is 6.28. The summed E-state index contributed by atoms with van der Waals surface area (Å²) >= 11 is 0. The Kier molecular flexibility index (Phi) is 7.64. The quantitative estimate of drug-likeness (QED) is 0.253. The second-order valence-electron chi connectivity index (χ2n) is 9.94. The lowest BCUT2D eigenvalue weighted by Crippen LogP contribution is -2.30. The van der Waals surface area contributed by atoms with Gasteiger partial charge in [0.2, 0.25) is 6.41 Å². The first-order valence-electron chi connectivity index (χ1n) is 13.4. The topological polar surface area (TPSA) is 77.1 Å². The van der Waals surface area contributed by atoms with Crippen LogP contribution in [-0.2, 0) is 17.8 Å². The SMILES string of the molecule is CCP(CC)c1cc(F)c(-n2ccn(-c3c4c(nn3-c3cc(C)c(F)c(C)c3)CCN(C=O)C4)c2=O)cc1NC. The van der Waals surface area contributed by atoms with Gasteiger partial charge in [0, 0.05) is 49.0 Å². The van der Waals surface area contributed by atoms with Crippen LogP contribution < -0.4 is 16.3 Å². The molecule has 11 heteroatoms. The Labute approximate surface area is 233 Å². The summed E-state index contributed by atoms with van der Waals surface area (Å²) in [6, 6.07) is 6.59. The highest BCUT2D eigenvalue weighted by Crippen LogP contribution is 2.37. The molecule has 1 aliphatic rings. The van der Waals surface area contributed by atoms with Gasteiger partial charge in [-0.1, -0.05) is 21.8 Å². The average molecular weight is 567 g/mol. The molecule has 2 aromatic carbocycles. The van der Waals surface area contributed by atoms with E-state index in [1.807, 2.05) is 0 Å². The maximum Gasteiger partial charge on any atom is 0.338 e. The first kappa shape index (κ1) is 27.8. The van der Waals surface area contributed by atoms with Crippen molar-refractivity contribution in [2.45, 2.75) is 40.7 Å². The smallest absolute Gasteiger partial charge is 0.338 e. The third-order valence-electron chi connectivity index (χ3n) is 7.55. The Morgan fingerprint density at radius 2 is 1.73 bits per heavy atom.